The molecular formula is C29H24N4O5. The Labute approximate surface area is 219 Å². The second-order valence-corrected chi connectivity index (χ2v) is 8.30. The topological polar surface area (TPSA) is 112 Å². The Balaban J connectivity index is 1.42. The maximum Gasteiger partial charge on any atom is 0.169 e. The molecule has 0 aliphatic rings. The number of nitrogens with one attached hydrogen (secondary N) is 1. The van der Waals surface area contributed by atoms with Crippen molar-refractivity contribution >= 4 is 22.3 Å². The normalized spacial score (nSPS) is 10.6. The van der Waals surface area contributed by atoms with Crippen LogP contribution in [0.5, 0.6) is 28.7 Å². The lowest BCUT2D eigenvalue weighted by Crippen LogP contribution is -2.01. The number of ether oxygens (including phenoxy) is 4. The summed E-state index contributed by atoms with van der Waals surface area (Å²) in [5.74, 6) is 3.61. The second kappa shape index (κ2) is 10.8. The van der Waals surface area contributed by atoms with E-state index >= 15 is 0 Å². The highest BCUT2D eigenvalue weighted by molar-refractivity contribution is 5.97. The van der Waals surface area contributed by atoms with Gasteiger partial charge in [-0.3, -0.25) is 4.98 Å². The van der Waals surface area contributed by atoms with Crippen LogP contribution in [-0.2, 0) is 6.61 Å². The number of pyridine rings is 1. The van der Waals surface area contributed by atoms with Crippen molar-refractivity contribution in [1.29, 1.82) is 5.26 Å². The van der Waals surface area contributed by atoms with Gasteiger partial charge in [-0.1, -0.05) is 17.3 Å². The Morgan fingerprint density at radius 3 is 2.37 bits per heavy atom. The Bertz CT molecular complexity index is 1620. The van der Waals surface area contributed by atoms with Gasteiger partial charge in [-0.15, -0.1) is 0 Å². The Morgan fingerprint density at radius 2 is 1.68 bits per heavy atom. The van der Waals surface area contributed by atoms with E-state index in [1.165, 1.54) is 6.20 Å². The van der Waals surface area contributed by atoms with Gasteiger partial charge in [0.15, 0.2) is 23.0 Å². The minimum atomic E-state index is 0.212. The highest BCUT2D eigenvalue weighted by Crippen LogP contribution is 2.38. The maximum absolute atomic E-state index is 9.77. The first-order valence-electron chi connectivity index (χ1n) is 11.7. The van der Waals surface area contributed by atoms with Gasteiger partial charge in [-0.25, -0.2) is 0 Å². The molecule has 9 nitrogen and oxygen atoms in total. The molecule has 0 atom stereocenters. The lowest BCUT2D eigenvalue weighted by Gasteiger charge is -2.15. The Morgan fingerprint density at radius 1 is 0.921 bits per heavy atom. The fraction of sp³-hybridized carbons (Fsp3) is 0.138. The van der Waals surface area contributed by atoms with E-state index in [0.717, 1.165) is 5.69 Å². The van der Waals surface area contributed by atoms with Crippen LogP contribution in [0.4, 0.5) is 11.4 Å². The molecule has 190 valence electrons. The molecule has 0 unspecified atom stereocenters. The molecule has 0 radical (unpaired) electrons. The fourth-order valence-corrected chi connectivity index (χ4v) is 3.91. The zero-order chi connectivity index (χ0) is 26.5. The summed E-state index contributed by atoms with van der Waals surface area (Å²) in [5.41, 5.74) is 3.06. The van der Waals surface area contributed by atoms with Crippen LogP contribution in [0.25, 0.3) is 10.9 Å². The summed E-state index contributed by atoms with van der Waals surface area (Å²) in [6.45, 7) is 2.03. The number of rotatable bonds is 9. The molecule has 0 saturated heterocycles. The molecule has 5 rings (SSSR count). The van der Waals surface area contributed by atoms with E-state index in [2.05, 4.69) is 21.5 Å². The number of nitriles is 1. The van der Waals surface area contributed by atoms with Crippen LogP contribution in [0.1, 0.15) is 17.0 Å². The smallest absolute Gasteiger partial charge is 0.169 e. The summed E-state index contributed by atoms with van der Waals surface area (Å²) in [6.07, 6.45) is 1.53. The van der Waals surface area contributed by atoms with Crippen LogP contribution in [0.3, 0.4) is 0 Å². The molecule has 0 fully saturated rings. The van der Waals surface area contributed by atoms with E-state index in [0.29, 0.717) is 62.4 Å². The molecule has 5 aromatic rings. The highest BCUT2D eigenvalue weighted by atomic mass is 16.5. The first-order valence-corrected chi connectivity index (χ1v) is 11.7. The molecule has 0 spiro atoms. The average molecular weight is 509 g/mol. The zero-order valence-corrected chi connectivity index (χ0v) is 21.0. The lowest BCUT2D eigenvalue weighted by atomic mass is 10.1. The number of anilines is 2. The molecule has 0 aliphatic carbocycles. The number of para-hydroxylation sites is 2. The number of benzene rings is 3. The maximum atomic E-state index is 9.77. The number of methoxy groups -OCH3 is 2. The van der Waals surface area contributed by atoms with Gasteiger partial charge in [0.25, 0.3) is 0 Å². The van der Waals surface area contributed by atoms with Gasteiger partial charge in [-0.05, 0) is 49.4 Å². The van der Waals surface area contributed by atoms with Crippen molar-refractivity contribution in [2.75, 3.05) is 19.5 Å². The highest BCUT2D eigenvalue weighted by Gasteiger charge is 2.15. The third kappa shape index (κ3) is 5.15. The van der Waals surface area contributed by atoms with E-state index in [1.54, 1.807) is 32.4 Å². The number of nitrogens with zero attached hydrogens (tertiary/aromatic N) is 3. The van der Waals surface area contributed by atoms with E-state index in [4.69, 9.17) is 23.5 Å². The van der Waals surface area contributed by atoms with Crippen LogP contribution >= 0.6 is 0 Å². The third-order valence-corrected chi connectivity index (χ3v) is 5.75. The minimum absolute atomic E-state index is 0.212. The van der Waals surface area contributed by atoms with Crippen molar-refractivity contribution in [3.63, 3.8) is 0 Å². The molecule has 3 aromatic carbocycles. The number of aromatic nitrogens is 2. The van der Waals surface area contributed by atoms with Crippen molar-refractivity contribution < 1.29 is 23.5 Å². The predicted octanol–water partition coefficient (Wildman–Crippen LogP) is 6.54. The monoisotopic (exact) mass is 508 g/mol. The van der Waals surface area contributed by atoms with Crippen molar-refractivity contribution in [2.45, 2.75) is 13.5 Å². The number of hydrogen-bond acceptors (Lipinski definition) is 9. The van der Waals surface area contributed by atoms with Gasteiger partial charge in [-0.2, -0.15) is 5.26 Å². The average Bonchev–Trinajstić information content (AvgIpc) is 3.37. The molecule has 0 bridgehead atoms. The predicted molar refractivity (Wildman–Crippen MR) is 141 cm³/mol. The van der Waals surface area contributed by atoms with Crippen LogP contribution in [0, 0.1) is 18.3 Å². The van der Waals surface area contributed by atoms with E-state index in [-0.39, 0.29) is 6.61 Å². The molecule has 2 heterocycles. The molecule has 0 aliphatic heterocycles. The second-order valence-electron chi connectivity index (χ2n) is 8.30. The largest absolute Gasteiger partial charge is 0.493 e. The van der Waals surface area contributed by atoms with Crippen molar-refractivity contribution in [3.8, 4) is 34.8 Å². The third-order valence-electron chi connectivity index (χ3n) is 5.75. The molecule has 1 N–H and O–H groups in total. The van der Waals surface area contributed by atoms with E-state index < -0.39 is 0 Å². The van der Waals surface area contributed by atoms with Crippen LogP contribution in [0.2, 0.25) is 0 Å². The van der Waals surface area contributed by atoms with Crippen molar-refractivity contribution in [1.82, 2.24) is 10.1 Å². The summed E-state index contributed by atoms with van der Waals surface area (Å²) < 4.78 is 27.9. The molecule has 38 heavy (non-hydrogen) atoms. The number of fused-ring (bicyclic) bond motifs is 1. The standard InChI is InChI=1S/C29H24N4O5/c1-18-12-21(33-38-18)17-36-28-14-24-23(13-27(28)35-3)29(19(15-30)16-31-24)32-20-8-10-22(11-9-20)37-26-7-5-4-6-25(26)34-2/h4-14,16H,17H2,1-3H3,(H,31,32). The number of hydrogen-bond donors (Lipinski definition) is 1. The minimum Gasteiger partial charge on any atom is -0.493 e. The zero-order valence-electron chi connectivity index (χ0n) is 21.0. The van der Waals surface area contributed by atoms with Crippen LogP contribution in [-0.4, -0.2) is 24.4 Å². The first-order chi connectivity index (χ1) is 18.6. The molecule has 2 aromatic heterocycles. The fourth-order valence-electron chi connectivity index (χ4n) is 3.91. The molecule has 0 saturated carbocycles. The van der Waals surface area contributed by atoms with Gasteiger partial charge in [0.05, 0.1) is 31.0 Å². The van der Waals surface area contributed by atoms with Crippen molar-refractivity contribution in [3.05, 3.63) is 89.9 Å². The van der Waals surface area contributed by atoms with Gasteiger partial charge < -0.3 is 28.8 Å². The summed E-state index contributed by atoms with van der Waals surface area (Å²) in [4.78, 5) is 4.46. The summed E-state index contributed by atoms with van der Waals surface area (Å²) in [6, 6.07) is 22.4. The molecule has 0 amide bonds. The van der Waals surface area contributed by atoms with Gasteiger partial charge in [0.1, 0.15) is 29.9 Å². The SMILES string of the molecule is COc1cc2c(Nc3ccc(Oc4ccccc4OC)cc3)c(C#N)cnc2cc1OCc1cc(C)on1. The molecule has 9 heteroatoms. The van der Waals surface area contributed by atoms with E-state index in [1.807, 2.05) is 55.5 Å². The first kappa shape index (κ1) is 24.5. The summed E-state index contributed by atoms with van der Waals surface area (Å²) >= 11 is 0. The lowest BCUT2D eigenvalue weighted by molar-refractivity contribution is 0.272. The Kier molecular flexibility index (Phi) is 6.95. The number of aryl methyl sites for hydroxylation is 1. The summed E-state index contributed by atoms with van der Waals surface area (Å²) in [5, 5.41) is 17.8. The van der Waals surface area contributed by atoms with Gasteiger partial charge in [0.2, 0.25) is 0 Å². The van der Waals surface area contributed by atoms with Crippen LogP contribution in [0.15, 0.2) is 77.4 Å². The van der Waals surface area contributed by atoms with Crippen molar-refractivity contribution in [2.24, 2.45) is 0 Å². The molecular weight excluding hydrogens is 484 g/mol. The van der Waals surface area contributed by atoms with Gasteiger partial charge >= 0.3 is 0 Å². The Hall–Kier alpha value is -5.23. The van der Waals surface area contributed by atoms with E-state index in [9.17, 15) is 5.26 Å². The summed E-state index contributed by atoms with van der Waals surface area (Å²) in [7, 11) is 3.16. The van der Waals surface area contributed by atoms with Crippen LogP contribution < -0.4 is 24.3 Å². The quantitative estimate of drug-likeness (QED) is 0.237. The van der Waals surface area contributed by atoms with Gasteiger partial charge in [0, 0.05) is 29.4 Å².